The minimum atomic E-state index is -0.109. The van der Waals surface area contributed by atoms with Gasteiger partial charge >= 0.3 is 0 Å². The fraction of sp³-hybridized carbons (Fsp3) is 0.226. The molecule has 1 heterocycles. The molecule has 1 aromatic heterocycles. The first-order chi connectivity index (χ1) is 16.6. The Morgan fingerprint density at radius 1 is 0.706 bits per heavy atom. The number of carbonyl (C=O) groups excluding carboxylic acids is 2. The van der Waals surface area contributed by atoms with E-state index < -0.39 is 0 Å². The molecular formula is C31H29NO2. The van der Waals surface area contributed by atoms with Crippen LogP contribution in [0.25, 0.3) is 11.3 Å². The molecule has 3 heteroatoms. The van der Waals surface area contributed by atoms with Crippen molar-refractivity contribution in [2.24, 2.45) is 0 Å². The Morgan fingerprint density at radius 3 is 1.85 bits per heavy atom. The molecule has 1 aliphatic carbocycles. The van der Waals surface area contributed by atoms with Crippen LogP contribution in [0.4, 0.5) is 0 Å². The number of carbonyl (C=O) groups is 2. The number of hydrogen-bond donors (Lipinski definition) is 0. The summed E-state index contributed by atoms with van der Waals surface area (Å²) < 4.78 is 2.23. The van der Waals surface area contributed by atoms with Crippen molar-refractivity contribution in [3.63, 3.8) is 0 Å². The van der Waals surface area contributed by atoms with Gasteiger partial charge in [0, 0.05) is 23.4 Å². The Morgan fingerprint density at radius 2 is 1.26 bits per heavy atom. The largest absolute Gasteiger partial charge is 0.343 e. The van der Waals surface area contributed by atoms with E-state index in [1.165, 1.54) is 19.3 Å². The summed E-state index contributed by atoms with van der Waals surface area (Å²) in [5, 5.41) is 0. The van der Waals surface area contributed by atoms with E-state index in [2.05, 4.69) is 35.8 Å². The van der Waals surface area contributed by atoms with Crippen molar-refractivity contribution in [1.82, 2.24) is 4.57 Å². The Bertz CT molecular complexity index is 1300. The molecular weight excluding hydrogens is 418 g/mol. The average Bonchev–Trinajstić information content (AvgIpc) is 3.30. The van der Waals surface area contributed by atoms with Crippen molar-refractivity contribution in [2.45, 2.75) is 45.1 Å². The topological polar surface area (TPSA) is 39.1 Å². The van der Waals surface area contributed by atoms with Crippen LogP contribution in [-0.2, 0) is 0 Å². The Kier molecular flexibility index (Phi) is 6.27. The van der Waals surface area contributed by atoms with Crippen LogP contribution in [0, 0.1) is 6.92 Å². The van der Waals surface area contributed by atoms with Crippen LogP contribution in [0.3, 0.4) is 0 Å². The lowest BCUT2D eigenvalue weighted by Gasteiger charge is -2.26. The van der Waals surface area contributed by atoms with Crippen molar-refractivity contribution >= 4 is 11.6 Å². The number of ketones is 2. The van der Waals surface area contributed by atoms with Gasteiger partial charge in [0.05, 0.1) is 16.8 Å². The van der Waals surface area contributed by atoms with E-state index in [-0.39, 0.29) is 17.6 Å². The van der Waals surface area contributed by atoms with Gasteiger partial charge in [-0.3, -0.25) is 9.59 Å². The maximum atomic E-state index is 14.0. The molecule has 1 saturated carbocycles. The summed E-state index contributed by atoms with van der Waals surface area (Å²) in [5.74, 6) is -0.215. The minimum absolute atomic E-state index is 0.106. The molecule has 3 nitrogen and oxygen atoms in total. The smallest absolute Gasteiger partial charge is 0.195 e. The minimum Gasteiger partial charge on any atom is -0.343 e. The van der Waals surface area contributed by atoms with Gasteiger partial charge in [0.2, 0.25) is 0 Å². The molecule has 3 aromatic carbocycles. The van der Waals surface area contributed by atoms with Crippen molar-refractivity contribution in [2.75, 3.05) is 0 Å². The summed E-state index contributed by atoms with van der Waals surface area (Å²) in [6.07, 6.45) is 7.65. The predicted molar refractivity (Wildman–Crippen MR) is 136 cm³/mol. The fourth-order valence-corrected chi connectivity index (χ4v) is 5.06. The maximum Gasteiger partial charge on any atom is 0.195 e. The Labute approximate surface area is 201 Å². The summed E-state index contributed by atoms with van der Waals surface area (Å²) in [4.78, 5) is 27.8. The van der Waals surface area contributed by atoms with Gasteiger partial charge in [-0.1, -0.05) is 110 Å². The Balaban J connectivity index is 1.77. The standard InChI is InChI=1S/C31H29NO2/c1-22-17-19-23(20-18-22)29-28(31(34)25-13-7-3-8-14-25)27(30(33)24-11-5-2-6-12-24)21-32(29)26-15-9-4-10-16-26/h2-3,5-8,11-14,17-21,26H,4,9-10,15-16H2,1H3. The van der Waals surface area contributed by atoms with Gasteiger partial charge in [-0.2, -0.15) is 0 Å². The highest BCUT2D eigenvalue weighted by atomic mass is 16.1. The third kappa shape index (κ3) is 4.26. The lowest BCUT2D eigenvalue weighted by atomic mass is 9.92. The van der Waals surface area contributed by atoms with E-state index in [1.807, 2.05) is 66.9 Å². The number of rotatable bonds is 6. The zero-order valence-corrected chi connectivity index (χ0v) is 19.5. The lowest BCUT2D eigenvalue weighted by molar-refractivity contribution is 0.100. The van der Waals surface area contributed by atoms with Gasteiger partial charge in [-0.25, -0.2) is 0 Å². The van der Waals surface area contributed by atoms with Crippen LogP contribution in [-0.4, -0.2) is 16.1 Å². The number of benzene rings is 3. The second-order valence-corrected chi connectivity index (χ2v) is 9.22. The number of aryl methyl sites for hydroxylation is 1. The molecule has 0 aliphatic heterocycles. The average molecular weight is 448 g/mol. The van der Waals surface area contributed by atoms with Gasteiger partial charge in [-0.15, -0.1) is 0 Å². The molecule has 0 atom stereocenters. The number of aromatic nitrogens is 1. The molecule has 1 aliphatic rings. The monoisotopic (exact) mass is 447 g/mol. The maximum absolute atomic E-state index is 14.0. The van der Waals surface area contributed by atoms with Crippen LogP contribution in [0.15, 0.2) is 91.1 Å². The zero-order valence-electron chi connectivity index (χ0n) is 19.5. The number of hydrogen-bond acceptors (Lipinski definition) is 2. The number of nitrogens with zero attached hydrogens (tertiary/aromatic N) is 1. The van der Waals surface area contributed by atoms with E-state index in [4.69, 9.17) is 0 Å². The van der Waals surface area contributed by atoms with Crippen molar-refractivity contribution in [3.05, 3.63) is 119 Å². The first-order valence-corrected chi connectivity index (χ1v) is 12.1. The molecule has 5 rings (SSSR count). The summed E-state index contributed by atoms with van der Waals surface area (Å²) in [6.45, 7) is 2.06. The van der Waals surface area contributed by atoms with Crippen LogP contribution in [0.2, 0.25) is 0 Å². The second-order valence-electron chi connectivity index (χ2n) is 9.22. The summed E-state index contributed by atoms with van der Waals surface area (Å²) in [5.41, 5.74) is 5.19. The summed E-state index contributed by atoms with van der Waals surface area (Å²) in [7, 11) is 0. The highest BCUT2D eigenvalue weighted by Gasteiger charge is 2.30. The van der Waals surface area contributed by atoms with Gasteiger partial charge in [0.15, 0.2) is 11.6 Å². The fourth-order valence-electron chi connectivity index (χ4n) is 5.06. The van der Waals surface area contributed by atoms with Gasteiger partial charge < -0.3 is 4.57 Å². The van der Waals surface area contributed by atoms with E-state index in [0.29, 0.717) is 22.3 Å². The van der Waals surface area contributed by atoms with Crippen LogP contribution < -0.4 is 0 Å². The molecule has 0 saturated heterocycles. The van der Waals surface area contributed by atoms with E-state index in [0.717, 1.165) is 29.7 Å². The van der Waals surface area contributed by atoms with Crippen molar-refractivity contribution in [1.29, 1.82) is 0 Å². The zero-order chi connectivity index (χ0) is 23.5. The normalized spacial score (nSPS) is 14.1. The molecule has 4 aromatic rings. The molecule has 170 valence electrons. The van der Waals surface area contributed by atoms with Gasteiger partial charge in [-0.05, 0) is 25.3 Å². The summed E-state index contributed by atoms with van der Waals surface area (Å²) >= 11 is 0. The predicted octanol–water partition coefficient (Wildman–Crippen LogP) is 7.43. The molecule has 0 unspecified atom stereocenters. The van der Waals surface area contributed by atoms with Gasteiger partial charge in [0.1, 0.15) is 0 Å². The van der Waals surface area contributed by atoms with Gasteiger partial charge in [0.25, 0.3) is 0 Å². The first-order valence-electron chi connectivity index (χ1n) is 12.1. The van der Waals surface area contributed by atoms with E-state index in [1.54, 1.807) is 0 Å². The summed E-state index contributed by atoms with van der Waals surface area (Å²) in [6, 6.07) is 27.2. The molecule has 0 radical (unpaired) electrons. The molecule has 0 amide bonds. The molecule has 34 heavy (non-hydrogen) atoms. The quantitative estimate of drug-likeness (QED) is 0.288. The van der Waals surface area contributed by atoms with Crippen LogP contribution >= 0.6 is 0 Å². The second kappa shape index (κ2) is 9.64. The lowest BCUT2D eigenvalue weighted by Crippen LogP contribution is -2.14. The third-order valence-corrected chi connectivity index (χ3v) is 6.87. The van der Waals surface area contributed by atoms with Crippen LogP contribution in [0.1, 0.15) is 75.6 Å². The molecule has 0 N–H and O–H groups in total. The Hall–Kier alpha value is -3.72. The van der Waals surface area contributed by atoms with E-state index >= 15 is 0 Å². The van der Waals surface area contributed by atoms with Crippen molar-refractivity contribution in [3.8, 4) is 11.3 Å². The highest BCUT2D eigenvalue weighted by molar-refractivity contribution is 6.22. The van der Waals surface area contributed by atoms with Crippen LogP contribution in [0.5, 0.6) is 0 Å². The third-order valence-electron chi connectivity index (χ3n) is 6.87. The molecule has 1 fully saturated rings. The molecule has 0 spiro atoms. The molecule has 0 bridgehead atoms. The van der Waals surface area contributed by atoms with Crippen molar-refractivity contribution < 1.29 is 9.59 Å². The highest BCUT2D eigenvalue weighted by Crippen LogP contribution is 2.38. The van der Waals surface area contributed by atoms with E-state index in [9.17, 15) is 9.59 Å². The first kappa shape index (κ1) is 22.1. The SMILES string of the molecule is Cc1ccc(-c2c(C(=O)c3ccccc3)c(C(=O)c3ccccc3)cn2C2CCCCC2)cc1.